The van der Waals surface area contributed by atoms with Crippen molar-refractivity contribution in [1.29, 1.82) is 0 Å². The van der Waals surface area contributed by atoms with E-state index in [-0.39, 0.29) is 18.4 Å². The highest BCUT2D eigenvalue weighted by molar-refractivity contribution is 5.79. The molecule has 0 aromatic carbocycles. The number of rotatable bonds is 4. The smallest absolute Gasteiger partial charge is 0.225 e. The van der Waals surface area contributed by atoms with E-state index < -0.39 is 6.10 Å². The van der Waals surface area contributed by atoms with Gasteiger partial charge >= 0.3 is 0 Å². The molecule has 1 aliphatic heterocycles. The Hall–Kier alpha value is -0.650. The maximum atomic E-state index is 13.5. The van der Waals surface area contributed by atoms with Gasteiger partial charge in [0, 0.05) is 31.5 Å². The monoisotopic (exact) mass is 406 g/mol. The van der Waals surface area contributed by atoms with Crippen LogP contribution in [-0.4, -0.2) is 53.4 Å². The van der Waals surface area contributed by atoms with Gasteiger partial charge in [0.25, 0.3) is 0 Å². The van der Waals surface area contributed by atoms with E-state index in [0.29, 0.717) is 23.7 Å². The van der Waals surface area contributed by atoms with Crippen molar-refractivity contribution in [2.75, 3.05) is 26.2 Å². The van der Waals surface area contributed by atoms with E-state index in [2.05, 4.69) is 4.90 Å². The van der Waals surface area contributed by atoms with Crippen molar-refractivity contribution >= 4 is 5.91 Å². The summed E-state index contributed by atoms with van der Waals surface area (Å²) in [7, 11) is 0. The molecule has 0 bridgehead atoms. The van der Waals surface area contributed by atoms with E-state index in [1.165, 1.54) is 25.7 Å². The molecule has 4 aliphatic rings. The Morgan fingerprint density at radius 1 is 0.897 bits per heavy atom. The van der Waals surface area contributed by atoms with E-state index in [0.717, 1.165) is 76.4 Å². The second-order valence-corrected chi connectivity index (χ2v) is 10.6. The van der Waals surface area contributed by atoms with E-state index in [1.54, 1.807) is 0 Å². The predicted molar refractivity (Wildman–Crippen MR) is 114 cm³/mol. The molecule has 0 aromatic heterocycles. The average molecular weight is 407 g/mol. The summed E-state index contributed by atoms with van der Waals surface area (Å²) in [6, 6.07) is 0. The molecular formula is C24H42N2O3. The van der Waals surface area contributed by atoms with Crippen LogP contribution < -0.4 is 5.73 Å². The molecule has 0 spiro atoms. The molecule has 1 heterocycles. The zero-order valence-corrected chi connectivity index (χ0v) is 18.1. The summed E-state index contributed by atoms with van der Waals surface area (Å²) in [5, 5.41) is 20.0. The lowest BCUT2D eigenvalue weighted by atomic mass is 9.61. The molecule has 1 saturated heterocycles. The minimum atomic E-state index is -0.390. The summed E-state index contributed by atoms with van der Waals surface area (Å²) in [5.74, 6) is 3.57. The van der Waals surface area contributed by atoms with Crippen LogP contribution in [0.1, 0.15) is 70.6 Å². The number of piperidine rings is 1. The van der Waals surface area contributed by atoms with Crippen molar-refractivity contribution in [3.63, 3.8) is 0 Å². The van der Waals surface area contributed by atoms with Crippen LogP contribution >= 0.6 is 0 Å². The lowest BCUT2D eigenvalue weighted by Crippen LogP contribution is -2.49. The second kappa shape index (κ2) is 9.65. The first kappa shape index (κ1) is 21.6. The summed E-state index contributed by atoms with van der Waals surface area (Å²) in [5.41, 5.74) is 5.94. The summed E-state index contributed by atoms with van der Waals surface area (Å²) in [6.45, 7) is 2.73. The fraction of sp³-hybridized carbons (Fsp3) is 0.958. The van der Waals surface area contributed by atoms with Gasteiger partial charge in [-0.25, -0.2) is 0 Å². The van der Waals surface area contributed by atoms with Crippen molar-refractivity contribution < 1.29 is 15.0 Å². The van der Waals surface area contributed by atoms with Gasteiger partial charge in [0.05, 0.1) is 6.10 Å². The van der Waals surface area contributed by atoms with Crippen LogP contribution in [0.2, 0.25) is 0 Å². The van der Waals surface area contributed by atoms with Crippen LogP contribution in [0.4, 0.5) is 0 Å². The highest BCUT2D eigenvalue weighted by Gasteiger charge is 2.45. The molecule has 166 valence electrons. The van der Waals surface area contributed by atoms with E-state index in [4.69, 9.17) is 5.73 Å². The van der Waals surface area contributed by atoms with Gasteiger partial charge in [-0.05, 0) is 81.1 Å². The normalized spacial score (nSPS) is 41.8. The number of likely N-dealkylation sites (tertiary alicyclic amines) is 1. The number of fused-ring (bicyclic) bond motifs is 1. The Morgan fingerprint density at radius 3 is 2.34 bits per heavy atom. The third kappa shape index (κ3) is 4.67. The molecule has 3 saturated carbocycles. The lowest BCUT2D eigenvalue weighted by molar-refractivity contribution is -0.144. The predicted octanol–water partition coefficient (Wildman–Crippen LogP) is 2.79. The SMILES string of the molecule is NCC1CCCC(C2CCN(C(=O)C3CCCC4CC(O)C(CO)CC43)CC2)C1. The Balaban J connectivity index is 1.33. The number of hydrogen-bond donors (Lipinski definition) is 3. The van der Waals surface area contributed by atoms with Gasteiger partial charge in [0.2, 0.25) is 5.91 Å². The van der Waals surface area contributed by atoms with E-state index >= 15 is 0 Å². The second-order valence-electron chi connectivity index (χ2n) is 10.6. The first-order chi connectivity index (χ1) is 14.1. The van der Waals surface area contributed by atoms with Crippen LogP contribution in [-0.2, 0) is 4.79 Å². The standard InChI is InChI=1S/C24H42N2O3/c25-14-16-3-1-4-18(11-16)17-7-9-26(10-8-17)24(29)21-6-2-5-19-13-23(28)20(15-27)12-22(19)21/h16-23,27-28H,1-15,25H2. The summed E-state index contributed by atoms with van der Waals surface area (Å²) >= 11 is 0. The number of nitrogens with zero attached hydrogens (tertiary/aromatic N) is 1. The fourth-order valence-corrected chi connectivity index (χ4v) is 7.32. The van der Waals surface area contributed by atoms with Gasteiger partial charge in [-0.3, -0.25) is 4.79 Å². The van der Waals surface area contributed by atoms with E-state index in [1.807, 2.05) is 0 Å². The average Bonchev–Trinajstić information content (AvgIpc) is 2.77. The number of hydrogen-bond acceptors (Lipinski definition) is 4. The number of carbonyl (C=O) groups is 1. The molecule has 0 aromatic rings. The Kier molecular flexibility index (Phi) is 7.18. The maximum absolute atomic E-state index is 13.5. The molecule has 7 unspecified atom stereocenters. The number of aliphatic hydroxyl groups is 2. The molecule has 4 fully saturated rings. The summed E-state index contributed by atoms with van der Waals surface area (Å²) < 4.78 is 0. The van der Waals surface area contributed by atoms with Crippen LogP contribution in [0.3, 0.4) is 0 Å². The molecule has 4 N–H and O–H groups in total. The summed E-state index contributed by atoms with van der Waals surface area (Å²) in [6.07, 6.45) is 12.0. The molecule has 0 radical (unpaired) electrons. The van der Waals surface area contributed by atoms with Crippen molar-refractivity contribution in [3.05, 3.63) is 0 Å². The third-order valence-electron chi connectivity index (χ3n) is 9.10. The van der Waals surface area contributed by atoms with Crippen LogP contribution in [0.25, 0.3) is 0 Å². The quantitative estimate of drug-likeness (QED) is 0.670. The topological polar surface area (TPSA) is 86.8 Å². The Labute approximate surface area is 176 Å². The zero-order valence-electron chi connectivity index (χ0n) is 18.1. The fourth-order valence-electron chi connectivity index (χ4n) is 7.32. The van der Waals surface area contributed by atoms with E-state index in [9.17, 15) is 15.0 Å². The Bertz CT molecular complexity index is 548. The molecule has 7 atom stereocenters. The first-order valence-electron chi connectivity index (χ1n) is 12.4. The van der Waals surface area contributed by atoms with Gasteiger partial charge < -0.3 is 20.8 Å². The highest BCUT2D eigenvalue weighted by Crippen LogP contribution is 2.47. The van der Waals surface area contributed by atoms with Crippen molar-refractivity contribution in [2.45, 2.75) is 76.7 Å². The first-order valence-corrected chi connectivity index (χ1v) is 12.4. The van der Waals surface area contributed by atoms with Gasteiger partial charge in [-0.2, -0.15) is 0 Å². The van der Waals surface area contributed by atoms with Crippen LogP contribution in [0.15, 0.2) is 0 Å². The van der Waals surface area contributed by atoms with Crippen LogP contribution in [0.5, 0.6) is 0 Å². The number of aliphatic hydroxyl groups excluding tert-OH is 2. The summed E-state index contributed by atoms with van der Waals surface area (Å²) in [4.78, 5) is 15.6. The highest BCUT2D eigenvalue weighted by atomic mass is 16.3. The third-order valence-corrected chi connectivity index (χ3v) is 9.10. The van der Waals surface area contributed by atoms with Gasteiger partial charge in [-0.15, -0.1) is 0 Å². The minimum Gasteiger partial charge on any atom is -0.396 e. The number of carbonyl (C=O) groups excluding carboxylic acids is 1. The minimum absolute atomic E-state index is 0.0435. The molecule has 4 rings (SSSR count). The molecular weight excluding hydrogens is 364 g/mol. The molecule has 1 amide bonds. The Morgan fingerprint density at radius 2 is 1.62 bits per heavy atom. The van der Waals surface area contributed by atoms with Crippen molar-refractivity contribution in [3.8, 4) is 0 Å². The maximum Gasteiger partial charge on any atom is 0.225 e. The van der Waals surface area contributed by atoms with Crippen LogP contribution in [0, 0.1) is 41.4 Å². The van der Waals surface area contributed by atoms with Crippen molar-refractivity contribution in [2.24, 2.45) is 47.2 Å². The number of nitrogens with two attached hydrogens (primary N) is 1. The van der Waals surface area contributed by atoms with Crippen molar-refractivity contribution in [1.82, 2.24) is 4.90 Å². The molecule has 29 heavy (non-hydrogen) atoms. The van der Waals surface area contributed by atoms with Gasteiger partial charge in [0.15, 0.2) is 0 Å². The molecule has 5 nitrogen and oxygen atoms in total. The molecule has 3 aliphatic carbocycles. The zero-order chi connectivity index (χ0) is 20.4. The largest absolute Gasteiger partial charge is 0.396 e. The number of amides is 1. The molecule has 5 heteroatoms. The van der Waals surface area contributed by atoms with Gasteiger partial charge in [-0.1, -0.05) is 25.7 Å². The lowest BCUT2D eigenvalue weighted by Gasteiger charge is -2.47. The van der Waals surface area contributed by atoms with Gasteiger partial charge in [0.1, 0.15) is 0 Å².